The summed E-state index contributed by atoms with van der Waals surface area (Å²) in [4.78, 5) is 27.9. The number of urea groups is 2. The molecule has 0 unspecified atom stereocenters. The molecule has 0 rings (SSSR count). The summed E-state index contributed by atoms with van der Waals surface area (Å²) in [7, 11) is 0. The van der Waals surface area contributed by atoms with Gasteiger partial charge >= 0.3 is 18.2 Å². The summed E-state index contributed by atoms with van der Waals surface area (Å²) in [6, 6.07) is -1.90. The minimum absolute atomic E-state index is 0.833. The molecule has 0 aromatic rings. The summed E-state index contributed by atoms with van der Waals surface area (Å²) < 4.78 is 0. The lowest BCUT2D eigenvalue weighted by atomic mass is 11.0. The second kappa shape index (κ2) is 12.2. The maximum atomic E-state index is 9.54. The van der Waals surface area contributed by atoms with Crippen LogP contribution in [0.2, 0.25) is 0 Å². The Labute approximate surface area is 73.1 Å². The molecule has 8 N–H and O–H groups in total. The highest BCUT2D eigenvalue weighted by Gasteiger charge is 1.94. The van der Waals surface area contributed by atoms with Crippen LogP contribution in [-0.2, 0) is 0 Å². The van der Waals surface area contributed by atoms with E-state index >= 15 is 0 Å². The van der Waals surface area contributed by atoms with E-state index in [9.17, 15) is 9.59 Å². The number of carboxylic acid groups (broad SMARTS) is 1. The van der Waals surface area contributed by atoms with Gasteiger partial charge < -0.3 is 22.3 Å². The highest BCUT2D eigenvalue weighted by molar-refractivity contribution is 5.88. The van der Waals surface area contributed by atoms with Gasteiger partial charge in [0.2, 0.25) is 0 Å². The smallest absolute Gasteiger partial charge is 0.412 e. The van der Waals surface area contributed by atoms with E-state index < -0.39 is 18.2 Å². The molecule has 0 bridgehead atoms. The van der Waals surface area contributed by atoms with Crippen molar-refractivity contribution in [1.82, 2.24) is 5.32 Å². The average molecular weight is 191 g/mol. The van der Waals surface area contributed by atoms with Crippen molar-refractivity contribution in [2.45, 2.75) is 0 Å². The lowest BCUT2D eigenvalue weighted by Crippen LogP contribution is -2.33. The topological polar surface area (TPSA) is 185 Å². The van der Waals surface area contributed by atoms with Crippen molar-refractivity contribution in [3.8, 4) is 6.57 Å². The summed E-state index contributed by atoms with van der Waals surface area (Å²) in [5.74, 6) is 0. The monoisotopic (exact) mass is 191 g/mol. The third kappa shape index (κ3) is 238. The second-order valence-corrected chi connectivity index (χ2v) is 1.20. The van der Waals surface area contributed by atoms with Gasteiger partial charge in [0.25, 0.3) is 0 Å². The fourth-order valence-electron chi connectivity index (χ4n) is 0.105. The highest BCUT2D eigenvalue weighted by Crippen LogP contribution is 1.55. The van der Waals surface area contributed by atoms with Gasteiger partial charge in [-0.3, -0.25) is 0 Å². The molecule has 9 nitrogen and oxygen atoms in total. The van der Waals surface area contributed by atoms with Gasteiger partial charge in [-0.25, -0.2) is 25.0 Å². The first kappa shape index (κ1) is 16.8. The molecule has 0 spiro atoms. The Kier molecular flexibility index (Phi) is 15.8. The largest absolute Gasteiger partial charge is 0.465 e. The number of primary amides is 3. The Hall–Kier alpha value is -2.50. The van der Waals surface area contributed by atoms with Gasteiger partial charge in [-0.05, 0) is 0 Å². The molecular formula is C4H9N5O4. The van der Waals surface area contributed by atoms with Crippen molar-refractivity contribution in [1.29, 1.82) is 5.26 Å². The zero-order chi connectivity index (χ0) is 11.4. The van der Waals surface area contributed by atoms with Crippen LogP contribution in [0.5, 0.6) is 0 Å². The lowest BCUT2D eigenvalue weighted by Gasteiger charge is -1.86. The van der Waals surface area contributed by atoms with Crippen LogP contribution in [0.4, 0.5) is 14.4 Å². The number of carbonyl (C=O) groups is 3. The van der Waals surface area contributed by atoms with Gasteiger partial charge in [-0.1, -0.05) is 0 Å². The third-order valence-electron chi connectivity index (χ3n) is 0.230. The van der Waals surface area contributed by atoms with Crippen LogP contribution < -0.4 is 22.5 Å². The molecule has 0 saturated heterocycles. The van der Waals surface area contributed by atoms with Crippen molar-refractivity contribution in [3.63, 3.8) is 0 Å². The van der Waals surface area contributed by atoms with Gasteiger partial charge in [0.05, 0.1) is 0 Å². The molecule has 0 saturated carbocycles. The molecule has 0 aromatic carbocycles. The van der Waals surface area contributed by atoms with E-state index in [0.717, 1.165) is 0 Å². The van der Waals surface area contributed by atoms with E-state index in [2.05, 4.69) is 23.8 Å². The molecule has 0 aliphatic rings. The highest BCUT2D eigenvalue weighted by atomic mass is 16.4. The Morgan fingerprint density at radius 1 is 1.15 bits per heavy atom. The van der Waals surface area contributed by atoms with Crippen molar-refractivity contribution < 1.29 is 19.5 Å². The lowest BCUT2D eigenvalue weighted by molar-refractivity contribution is 0.193. The predicted octanol–water partition coefficient (Wildman–Crippen LogP) is -1.50. The number of nitriles is 1. The fraction of sp³-hybridized carbons (Fsp3) is 0. The number of hydrogen-bond donors (Lipinski definition) is 5. The summed E-state index contributed by atoms with van der Waals surface area (Å²) in [5.41, 5.74) is 12.9. The number of imide groups is 1. The molecule has 5 amide bonds. The number of nitrogens with zero attached hydrogens (tertiary/aromatic N) is 1. The number of rotatable bonds is 0. The Morgan fingerprint density at radius 3 is 1.38 bits per heavy atom. The van der Waals surface area contributed by atoms with Crippen molar-refractivity contribution in [3.05, 3.63) is 0 Å². The third-order valence-corrected chi connectivity index (χ3v) is 0.230. The van der Waals surface area contributed by atoms with Crippen LogP contribution in [0.25, 0.3) is 0 Å². The minimum atomic E-state index is -1.44. The van der Waals surface area contributed by atoms with E-state index in [-0.39, 0.29) is 0 Å². The van der Waals surface area contributed by atoms with Gasteiger partial charge in [0.15, 0.2) is 0 Å². The van der Waals surface area contributed by atoms with Crippen molar-refractivity contribution in [2.75, 3.05) is 0 Å². The number of amides is 5. The van der Waals surface area contributed by atoms with Gasteiger partial charge in [-0.2, -0.15) is 0 Å². The first-order valence-corrected chi connectivity index (χ1v) is 2.46. The zero-order valence-corrected chi connectivity index (χ0v) is 6.43. The molecule has 0 atom stereocenters. The molecule has 9 heteroatoms. The zero-order valence-electron chi connectivity index (χ0n) is 6.43. The molecule has 0 heterocycles. The average Bonchev–Trinajstić information content (AvgIpc) is 1.87. The molecule has 74 valence electrons. The maximum Gasteiger partial charge on any atom is 0.412 e. The summed E-state index contributed by atoms with van der Waals surface area (Å²) in [5, 5.41) is 15.5. The summed E-state index contributed by atoms with van der Waals surface area (Å²) >= 11 is 0. The number of nitrogens with two attached hydrogens (primary N) is 3. The molecule has 0 aliphatic heterocycles. The van der Waals surface area contributed by atoms with E-state index in [4.69, 9.17) is 15.2 Å². The summed E-state index contributed by atoms with van der Waals surface area (Å²) in [6.45, 7) is 3.50. The van der Waals surface area contributed by atoms with Crippen LogP contribution in [0.3, 0.4) is 0 Å². The van der Waals surface area contributed by atoms with Gasteiger partial charge in [0, 0.05) is 6.57 Å². The van der Waals surface area contributed by atoms with E-state index in [1.165, 1.54) is 5.32 Å². The first-order chi connectivity index (χ1) is 5.86. The normalized spacial score (nSPS) is 6.00. The van der Waals surface area contributed by atoms with E-state index in [1.54, 1.807) is 0 Å². The van der Waals surface area contributed by atoms with Crippen LogP contribution >= 0.6 is 0 Å². The number of carbonyl (C=O) groups excluding carboxylic acids is 2. The molecule has 0 aromatic heterocycles. The Balaban J connectivity index is -0.000000142. The van der Waals surface area contributed by atoms with Gasteiger partial charge in [-0.15, -0.1) is 0 Å². The van der Waals surface area contributed by atoms with Crippen LogP contribution in [0.1, 0.15) is 0 Å². The van der Waals surface area contributed by atoms with Crippen molar-refractivity contribution >= 4 is 18.2 Å². The summed E-state index contributed by atoms with van der Waals surface area (Å²) in [6.07, 6.45) is -1.44. The first-order valence-electron chi connectivity index (χ1n) is 2.46. The standard InChI is InChI=1S/C2H4N2O3.CH4N2O.CHN/c3-1(5)4-2(6)7;2-1(3)4;1-2/h(H,6,7)(H3,3,4,5);(H4,2,3,4);1H. The van der Waals surface area contributed by atoms with Crippen LogP contribution in [0, 0.1) is 11.8 Å². The van der Waals surface area contributed by atoms with Crippen molar-refractivity contribution in [2.24, 2.45) is 17.2 Å². The Morgan fingerprint density at radius 2 is 1.38 bits per heavy atom. The van der Waals surface area contributed by atoms with Gasteiger partial charge in [0.1, 0.15) is 0 Å². The fourth-order valence-corrected chi connectivity index (χ4v) is 0.105. The SMILES string of the molecule is C#N.NC(=O)NC(=O)O.NC(N)=O. The Bertz CT molecular complexity index is 184. The second-order valence-electron chi connectivity index (χ2n) is 1.20. The molecule has 13 heavy (non-hydrogen) atoms. The molecule has 0 fully saturated rings. The van der Waals surface area contributed by atoms with E-state index in [1.807, 2.05) is 0 Å². The molecule has 0 radical (unpaired) electrons. The quantitative estimate of drug-likeness (QED) is 0.311. The number of nitrogens with one attached hydrogen (secondary N) is 1. The van der Waals surface area contributed by atoms with E-state index in [0.29, 0.717) is 0 Å². The molecular weight excluding hydrogens is 182 g/mol. The minimum Gasteiger partial charge on any atom is -0.465 e. The molecule has 0 aliphatic carbocycles. The predicted molar refractivity (Wildman–Crippen MR) is 41.2 cm³/mol. The van der Waals surface area contributed by atoms with Crippen LogP contribution in [0.15, 0.2) is 0 Å². The maximum absolute atomic E-state index is 9.54. The van der Waals surface area contributed by atoms with Crippen LogP contribution in [-0.4, -0.2) is 23.3 Å². The number of hydrogen-bond acceptors (Lipinski definition) is 4.